The average Bonchev–Trinajstić information content (AvgIpc) is 3.14. The first kappa shape index (κ1) is 13.7. The second-order valence-corrected chi connectivity index (χ2v) is 7.58. The van der Waals surface area contributed by atoms with E-state index in [0.717, 1.165) is 14.4 Å². The van der Waals surface area contributed by atoms with Gasteiger partial charge < -0.3 is 5.32 Å². The maximum absolute atomic E-state index is 4.12. The van der Waals surface area contributed by atoms with Gasteiger partial charge in [0.05, 0.1) is 14.4 Å². The fourth-order valence-corrected chi connectivity index (χ4v) is 3.91. The molecule has 0 bridgehead atoms. The second kappa shape index (κ2) is 5.33. The molecule has 3 heterocycles. The van der Waals surface area contributed by atoms with E-state index in [-0.39, 0.29) is 6.04 Å². The summed E-state index contributed by atoms with van der Waals surface area (Å²) in [6.45, 7) is 2.09. The summed E-state index contributed by atoms with van der Waals surface area (Å²) in [6, 6.07) is 12.5. The van der Waals surface area contributed by atoms with E-state index >= 15 is 0 Å². The zero-order valence-corrected chi connectivity index (χ0v) is 14.1. The van der Waals surface area contributed by atoms with Crippen LogP contribution in [0.15, 0.2) is 46.3 Å². The molecule has 0 radical (unpaired) electrons. The van der Waals surface area contributed by atoms with Gasteiger partial charge in [-0.05, 0) is 57.1 Å². The maximum Gasteiger partial charge on any atom is 0.248 e. The van der Waals surface area contributed by atoms with E-state index in [1.165, 1.54) is 11.1 Å². The van der Waals surface area contributed by atoms with Gasteiger partial charge in [-0.25, -0.2) is 0 Å². The predicted octanol–water partition coefficient (Wildman–Crippen LogP) is 3.86. The average molecular weight is 374 g/mol. The van der Waals surface area contributed by atoms with Crippen molar-refractivity contribution in [3.05, 3.63) is 62.3 Å². The summed E-state index contributed by atoms with van der Waals surface area (Å²) in [5.74, 6) is 0.661. The van der Waals surface area contributed by atoms with Crippen LogP contribution in [-0.4, -0.2) is 20.2 Å². The van der Waals surface area contributed by atoms with E-state index in [2.05, 4.69) is 80.1 Å². The number of benzene rings is 1. The third kappa shape index (κ3) is 2.36. The summed E-state index contributed by atoms with van der Waals surface area (Å²) in [6.07, 6.45) is 2.16. The number of aryl methyl sites for hydroxylation is 1. The van der Waals surface area contributed by atoms with E-state index in [4.69, 9.17) is 0 Å². The van der Waals surface area contributed by atoms with Crippen molar-refractivity contribution in [3.8, 4) is 0 Å². The molecule has 1 unspecified atom stereocenters. The minimum atomic E-state index is -0.0120. The number of thiophene rings is 1. The Morgan fingerprint density at radius 3 is 2.95 bits per heavy atom. The number of halogens is 1. The molecule has 2 aromatic heterocycles. The van der Waals surface area contributed by atoms with Crippen LogP contribution < -0.4 is 5.32 Å². The van der Waals surface area contributed by atoms with Gasteiger partial charge >= 0.3 is 0 Å². The number of nitrogens with one attached hydrogen (secondary N) is 1. The van der Waals surface area contributed by atoms with Crippen LogP contribution in [0.1, 0.15) is 22.0 Å². The molecule has 110 valence electrons. The highest BCUT2D eigenvalue weighted by atomic mass is 79.9. The summed E-state index contributed by atoms with van der Waals surface area (Å²) < 4.78 is 2.91. The largest absolute Gasteiger partial charge is 0.322 e. The molecule has 0 spiro atoms. The molecule has 1 N–H and O–H groups in total. The Labute approximate surface area is 139 Å². The first-order valence-electron chi connectivity index (χ1n) is 6.80. The molecule has 0 amide bonds. The van der Waals surface area contributed by atoms with Crippen molar-refractivity contribution in [2.75, 3.05) is 5.32 Å². The summed E-state index contributed by atoms with van der Waals surface area (Å²) in [5, 5.41) is 15.3. The van der Waals surface area contributed by atoms with Gasteiger partial charge in [-0.3, -0.25) is 0 Å². The number of aromatic nitrogens is 4. The van der Waals surface area contributed by atoms with Crippen LogP contribution in [-0.2, 0) is 0 Å². The van der Waals surface area contributed by atoms with Gasteiger partial charge in [0.15, 0.2) is 0 Å². The molecule has 0 saturated carbocycles. The molecule has 22 heavy (non-hydrogen) atoms. The Hall–Kier alpha value is -1.99. The topological polar surface area (TPSA) is 55.6 Å². The molecule has 0 fully saturated rings. The van der Waals surface area contributed by atoms with Crippen LogP contribution >= 0.6 is 27.3 Å². The van der Waals surface area contributed by atoms with Crippen molar-refractivity contribution in [1.29, 1.82) is 0 Å². The zero-order chi connectivity index (χ0) is 15.1. The highest BCUT2D eigenvalue weighted by molar-refractivity contribution is 9.11. The molecule has 1 aliphatic heterocycles. The maximum atomic E-state index is 4.12. The smallest absolute Gasteiger partial charge is 0.248 e. The number of anilines is 1. The quantitative estimate of drug-likeness (QED) is 0.740. The summed E-state index contributed by atoms with van der Waals surface area (Å²) in [5.41, 5.74) is 3.42. The highest BCUT2D eigenvalue weighted by Crippen LogP contribution is 2.35. The summed E-state index contributed by atoms with van der Waals surface area (Å²) in [7, 11) is 0. The molecule has 4 rings (SSSR count). The van der Waals surface area contributed by atoms with Crippen LogP contribution in [0.25, 0.3) is 5.70 Å². The van der Waals surface area contributed by atoms with E-state index < -0.39 is 0 Å². The Balaban J connectivity index is 1.83. The lowest BCUT2D eigenvalue weighted by Crippen LogP contribution is -2.20. The van der Waals surface area contributed by atoms with Crippen molar-refractivity contribution in [3.63, 3.8) is 0 Å². The Bertz CT molecular complexity index is 866. The molecule has 1 aromatic carbocycles. The normalized spacial score (nSPS) is 16.8. The van der Waals surface area contributed by atoms with Gasteiger partial charge in [0, 0.05) is 0 Å². The minimum absolute atomic E-state index is 0.0120. The van der Waals surface area contributed by atoms with Crippen LogP contribution in [0.3, 0.4) is 0 Å². The highest BCUT2D eigenvalue weighted by Gasteiger charge is 2.24. The Morgan fingerprint density at radius 2 is 2.18 bits per heavy atom. The second-order valence-electron chi connectivity index (χ2n) is 5.12. The standard InChI is InChI=1S/C15H12BrN5S/c1-9-3-2-4-10(7-9)12-8-11(13-5-6-14(16)22-13)17-15-18-19-20-21(12)15/h2-8,12H,1H3,(H,17,18,20). The summed E-state index contributed by atoms with van der Waals surface area (Å²) >= 11 is 5.19. The molecule has 1 atom stereocenters. The lowest BCUT2D eigenvalue weighted by molar-refractivity contribution is 0.585. The van der Waals surface area contributed by atoms with Crippen LogP contribution in [0.2, 0.25) is 0 Å². The third-order valence-electron chi connectivity index (χ3n) is 3.55. The number of rotatable bonds is 2. The Morgan fingerprint density at radius 1 is 1.27 bits per heavy atom. The van der Waals surface area contributed by atoms with E-state index in [9.17, 15) is 0 Å². The van der Waals surface area contributed by atoms with Crippen molar-refractivity contribution in [2.24, 2.45) is 0 Å². The van der Waals surface area contributed by atoms with Crippen LogP contribution in [0, 0.1) is 6.92 Å². The molecular formula is C15H12BrN5S. The summed E-state index contributed by atoms with van der Waals surface area (Å²) in [4.78, 5) is 1.15. The van der Waals surface area contributed by atoms with Crippen molar-refractivity contribution >= 4 is 38.9 Å². The van der Waals surface area contributed by atoms with E-state index in [0.29, 0.717) is 5.95 Å². The van der Waals surface area contributed by atoms with Gasteiger partial charge in [-0.15, -0.1) is 11.3 Å². The van der Waals surface area contributed by atoms with Crippen LogP contribution in [0.4, 0.5) is 5.95 Å². The molecule has 7 heteroatoms. The van der Waals surface area contributed by atoms with E-state index in [1.807, 2.05) is 6.07 Å². The fraction of sp³-hybridized carbons (Fsp3) is 0.133. The third-order valence-corrected chi connectivity index (χ3v) is 5.21. The minimum Gasteiger partial charge on any atom is -0.322 e. The first-order valence-corrected chi connectivity index (χ1v) is 8.40. The monoisotopic (exact) mass is 373 g/mol. The van der Waals surface area contributed by atoms with Gasteiger partial charge in [-0.1, -0.05) is 34.9 Å². The number of hydrogen-bond acceptors (Lipinski definition) is 5. The molecule has 0 saturated heterocycles. The number of tetrazole rings is 1. The van der Waals surface area contributed by atoms with Crippen molar-refractivity contribution in [1.82, 2.24) is 20.2 Å². The number of allylic oxidation sites excluding steroid dienone is 1. The van der Waals surface area contributed by atoms with Gasteiger partial charge in [-0.2, -0.15) is 4.68 Å². The molecule has 3 aromatic rings. The van der Waals surface area contributed by atoms with Crippen molar-refractivity contribution in [2.45, 2.75) is 13.0 Å². The van der Waals surface area contributed by atoms with Gasteiger partial charge in [0.1, 0.15) is 6.04 Å². The predicted molar refractivity (Wildman–Crippen MR) is 90.8 cm³/mol. The fourth-order valence-electron chi connectivity index (χ4n) is 2.55. The Kier molecular flexibility index (Phi) is 3.31. The van der Waals surface area contributed by atoms with Gasteiger partial charge in [0.2, 0.25) is 5.95 Å². The molecule has 5 nitrogen and oxygen atoms in total. The number of hydrogen-bond donors (Lipinski definition) is 1. The lowest BCUT2D eigenvalue weighted by atomic mass is 10.0. The number of nitrogens with zero attached hydrogens (tertiary/aromatic N) is 4. The SMILES string of the molecule is Cc1cccc(C2C=C(c3ccc(Br)s3)Nc3nnnn32)c1. The van der Waals surface area contributed by atoms with Gasteiger partial charge in [0.25, 0.3) is 0 Å². The molecule has 0 aliphatic carbocycles. The van der Waals surface area contributed by atoms with E-state index in [1.54, 1.807) is 16.0 Å². The molecule has 1 aliphatic rings. The first-order chi connectivity index (χ1) is 10.7. The number of fused-ring (bicyclic) bond motifs is 1. The lowest BCUT2D eigenvalue weighted by Gasteiger charge is -2.23. The van der Waals surface area contributed by atoms with Crippen LogP contribution in [0.5, 0.6) is 0 Å². The van der Waals surface area contributed by atoms with Crippen molar-refractivity contribution < 1.29 is 0 Å². The zero-order valence-electron chi connectivity index (χ0n) is 11.7. The molecular weight excluding hydrogens is 362 g/mol.